The number of likely N-dealkylation sites (tertiary alicyclic amines) is 1. The van der Waals surface area contributed by atoms with Gasteiger partial charge in [0.25, 0.3) is 0 Å². The van der Waals surface area contributed by atoms with Gasteiger partial charge in [0.05, 0.1) is 18.7 Å². The second-order valence-electron chi connectivity index (χ2n) is 5.00. The van der Waals surface area contributed by atoms with Gasteiger partial charge in [0.1, 0.15) is 5.60 Å². The smallest absolute Gasteiger partial charge is 0.410 e. The van der Waals surface area contributed by atoms with Gasteiger partial charge in [-0.25, -0.2) is 4.79 Å². The zero-order valence-corrected chi connectivity index (χ0v) is 9.75. The Morgan fingerprint density at radius 3 is 2.44 bits per heavy atom. The van der Waals surface area contributed by atoms with E-state index in [9.17, 15) is 9.90 Å². The minimum absolute atomic E-state index is 0.0667. The molecule has 6 nitrogen and oxygen atoms in total. The van der Waals surface area contributed by atoms with Crippen LogP contribution in [0, 0.1) is 0 Å². The van der Waals surface area contributed by atoms with Crippen molar-refractivity contribution in [2.75, 3.05) is 6.54 Å². The lowest BCUT2D eigenvalue weighted by atomic mass is 10.2. The van der Waals surface area contributed by atoms with Gasteiger partial charge in [-0.3, -0.25) is 4.90 Å². The normalized spacial score (nSPS) is 26.3. The third-order valence-corrected chi connectivity index (χ3v) is 2.29. The topological polar surface area (TPSA) is 90.2 Å². The molecule has 0 bridgehead atoms. The van der Waals surface area contributed by atoms with Crippen molar-refractivity contribution in [2.24, 2.45) is 0 Å². The van der Waals surface area contributed by atoms with Gasteiger partial charge in [-0.2, -0.15) is 0 Å². The van der Waals surface area contributed by atoms with Gasteiger partial charge in [-0.1, -0.05) is 0 Å². The first kappa shape index (κ1) is 13.2. The number of carbonyl (C=O) groups is 1. The van der Waals surface area contributed by atoms with Crippen molar-refractivity contribution < 1.29 is 24.9 Å². The fourth-order valence-electron chi connectivity index (χ4n) is 1.66. The molecule has 0 unspecified atom stereocenters. The summed E-state index contributed by atoms with van der Waals surface area (Å²) >= 11 is 0. The average Bonchev–Trinajstić information content (AvgIpc) is 2.44. The van der Waals surface area contributed by atoms with Gasteiger partial charge in [0.15, 0.2) is 6.29 Å². The van der Waals surface area contributed by atoms with Gasteiger partial charge >= 0.3 is 6.09 Å². The van der Waals surface area contributed by atoms with E-state index in [0.717, 1.165) is 4.90 Å². The molecule has 94 valence electrons. The molecule has 1 saturated heterocycles. The molecule has 3 N–H and O–H groups in total. The van der Waals surface area contributed by atoms with Crippen LogP contribution in [-0.2, 0) is 4.74 Å². The molecule has 1 amide bonds. The maximum absolute atomic E-state index is 11.7. The number of aliphatic hydroxyl groups is 3. The van der Waals surface area contributed by atoms with Crippen LogP contribution in [-0.4, -0.2) is 56.9 Å². The Balaban J connectivity index is 2.67. The number of aliphatic hydroxyl groups excluding tert-OH is 2. The van der Waals surface area contributed by atoms with Crippen molar-refractivity contribution in [3.05, 3.63) is 0 Å². The number of amides is 1. The summed E-state index contributed by atoms with van der Waals surface area (Å²) in [6, 6.07) is -0.801. The molecule has 16 heavy (non-hydrogen) atoms. The van der Waals surface area contributed by atoms with Gasteiger partial charge < -0.3 is 20.1 Å². The molecule has 1 heterocycles. The molecule has 0 spiro atoms. The molecule has 0 aliphatic carbocycles. The summed E-state index contributed by atoms with van der Waals surface area (Å²) in [5.74, 6) is 0. The minimum atomic E-state index is -1.66. The van der Waals surface area contributed by atoms with Crippen molar-refractivity contribution in [2.45, 2.75) is 51.2 Å². The van der Waals surface area contributed by atoms with Crippen LogP contribution < -0.4 is 0 Å². The highest BCUT2D eigenvalue weighted by atomic mass is 16.6. The molecular weight excluding hydrogens is 214 g/mol. The maximum Gasteiger partial charge on any atom is 0.410 e. The molecule has 0 saturated carbocycles. The van der Waals surface area contributed by atoms with Gasteiger partial charge in [0.2, 0.25) is 0 Å². The van der Waals surface area contributed by atoms with E-state index >= 15 is 0 Å². The van der Waals surface area contributed by atoms with Crippen molar-refractivity contribution in [3.8, 4) is 0 Å². The molecule has 1 fully saturated rings. The van der Waals surface area contributed by atoms with Crippen molar-refractivity contribution in [1.82, 2.24) is 4.90 Å². The maximum atomic E-state index is 11.7. The van der Waals surface area contributed by atoms with Crippen LogP contribution in [0.15, 0.2) is 0 Å². The summed E-state index contributed by atoms with van der Waals surface area (Å²) < 4.78 is 5.10. The van der Waals surface area contributed by atoms with E-state index in [4.69, 9.17) is 14.9 Å². The fraction of sp³-hybridized carbons (Fsp3) is 0.900. The molecule has 1 aliphatic rings. The lowest BCUT2D eigenvalue weighted by molar-refractivity contribution is -0.0916. The number of nitrogens with zero attached hydrogens (tertiary/aromatic N) is 1. The standard InChI is InChI=1S/C10H19NO5/c1-10(2,3)16-9(15)11-5-6(12)4-7(11)8(13)14/h6-8,12-14H,4-5H2,1-3H3/t6-,7+/m0/s1. The number of hydrogen-bond acceptors (Lipinski definition) is 5. The van der Waals surface area contributed by atoms with Crippen LogP contribution in [0.3, 0.4) is 0 Å². The summed E-state index contributed by atoms with van der Waals surface area (Å²) in [6.45, 7) is 5.24. The Bertz CT molecular complexity index is 260. The Hall–Kier alpha value is -0.850. The van der Waals surface area contributed by atoms with Crippen molar-refractivity contribution in [1.29, 1.82) is 0 Å². The third-order valence-electron chi connectivity index (χ3n) is 2.29. The molecule has 2 atom stereocenters. The monoisotopic (exact) mass is 233 g/mol. The molecule has 0 aromatic carbocycles. The van der Waals surface area contributed by atoms with Gasteiger partial charge in [-0.15, -0.1) is 0 Å². The molecule has 1 aliphatic heterocycles. The Labute approximate surface area is 94.4 Å². The largest absolute Gasteiger partial charge is 0.444 e. The van der Waals surface area contributed by atoms with Crippen LogP contribution in [0.25, 0.3) is 0 Å². The number of carbonyl (C=O) groups excluding carboxylic acids is 1. The summed E-state index contributed by atoms with van der Waals surface area (Å²) in [5, 5.41) is 27.6. The lowest BCUT2D eigenvalue weighted by Crippen LogP contribution is -2.45. The lowest BCUT2D eigenvalue weighted by Gasteiger charge is -2.28. The Morgan fingerprint density at radius 2 is 2.00 bits per heavy atom. The van der Waals surface area contributed by atoms with E-state index in [2.05, 4.69) is 0 Å². The molecule has 1 rings (SSSR count). The fourth-order valence-corrected chi connectivity index (χ4v) is 1.66. The van der Waals surface area contributed by atoms with E-state index in [1.165, 1.54) is 0 Å². The summed E-state index contributed by atoms with van der Waals surface area (Å²) in [4.78, 5) is 12.8. The van der Waals surface area contributed by atoms with Crippen molar-refractivity contribution in [3.63, 3.8) is 0 Å². The van der Waals surface area contributed by atoms with Crippen LogP contribution in [0.4, 0.5) is 4.79 Å². The first-order chi connectivity index (χ1) is 7.20. The summed E-state index contributed by atoms with van der Waals surface area (Å²) in [6.07, 6.45) is -2.89. The van der Waals surface area contributed by atoms with Crippen LogP contribution in [0.2, 0.25) is 0 Å². The first-order valence-electron chi connectivity index (χ1n) is 5.24. The zero-order chi connectivity index (χ0) is 12.5. The van der Waals surface area contributed by atoms with Crippen LogP contribution in [0.5, 0.6) is 0 Å². The Morgan fingerprint density at radius 1 is 1.44 bits per heavy atom. The highest BCUT2D eigenvalue weighted by molar-refractivity contribution is 5.69. The van der Waals surface area contributed by atoms with E-state index in [0.29, 0.717) is 0 Å². The van der Waals surface area contributed by atoms with E-state index < -0.39 is 30.1 Å². The predicted octanol–water partition coefficient (Wildman–Crippen LogP) is -0.333. The molecule has 0 aromatic heterocycles. The van der Waals surface area contributed by atoms with E-state index in [-0.39, 0.29) is 13.0 Å². The van der Waals surface area contributed by atoms with Crippen LogP contribution >= 0.6 is 0 Å². The molecule has 0 radical (unpaired) electrons. The van der Waals surface area contributed by atoms with E-state index in [1.54, 1.807) is 20.8 Å². The van der Waals surface area contributed by atoms with Crippen LogP contribution in [0.1, 0.15) is 27.2 Å². The Kier molecular flexibility index (Phi) is 3.77. The second-order valence-corrected chi connectivity index (χ2v) is 5.00. The third kappa shape index (κ3) is 3.33. The zero-order valence-electron chi connectivity index (χ0n) is 9.75. The first-order valence-corrected chi connectivity index (χ1v) is 5.24. The predicted molar refractivity (Wildman–Crippen MR) is 55.6 cm³/mol. The molecule has 0 aromatic rings. The quantitative estimate of drug-likeness (QED) is 0.539. The van der Waals surface area contributed by atoms with Crippen molar-refractivity contribution >= 4 is 6.09 Å². The highest BCUT2D eigenvalue weighted by Gasteiger charge is 2.39. The molecule has 6 heteroatoms. The number of β-amino-alcohol motifs (C(OH)–C–C–N with tert-alkyl or cyclic N) is 1. The molecular formula is C10H19NO5. The average molecular weight is 233 g/mol. The number of hydrogen-bond donors (Lipinski definition) is 3. The van der Waals surface area contributed by atoms with Gasteiger partial charge in [0, 0.05) is 6.42 Å². The highest BCUT2D eigenvalue weighted by Crippen LogP contribution is 2.22. The second kappa shape index (κ2) is 4.57. The number of rotatable bonds is 1. The minimum Gasteiger partial charge on any atom is -0.444 e. The van der Waals surface area contributed by atoms with Gasteiger partial charge in [-0.05, 0) is 20.8 Å². The number of ether oxygens (including phenoxy) is 1. The van der Waals surface area contributed by atoms with E-state index in [1.807, 2.05) is 0 Å². The summed E-state index contributed by atoms with van der Waals surface area (Å²) in [7, 11) is 0. The SMILES string of the molecule is CC(C)(C)OC(=O)N1C[C@@H](O)C[C@@H]1C(O)O. The summed E-state index contributed by atoms with van der Waals surface area (Å²) in [5.41, 5.74) is -0.643.